The number of rotatable bonds is 5. The molecular formula is C14H20N2O6. The van der Waals surface area contributed by atoms with Gasteiger partial charge in [0.15, 0.2) is 0 Å². The van der Waals surface area contributed by atoms with Crippen molar-refractivity contribution in [3.8, 4) is 0 Å². The van der Waals surface area contributed by atoms with Crippen molar-refractivity contribution in [2.24, 2.45) is 0 Å². The standard InChI is InChI=1S/C14H20N2O6/c1-3-4-12(18)22-9-5-11(21-10(9)7-17)16-6-8(2)13(19)15-14(16)20/h6,9-11,17H,3-5,7H2,1-2H3,(H,15,19,20)/t9-,10-,11-/m1/s1. The van der Waals surface area contributed by atoms with Crippen LogP contribution < -0.4 is 11.2 Å². The Morgan fingerprint density at radius 1 is 1.55 bits per heavy atom. The summed E-state index contributed by atoms with van der Waals surface area (Å²) in [5.41, 5.74) is -0.683. The average molecular weight is 312 g/mol. The van der Waals surface area contributed by atoms with Gasteiger partial charge in [-0.05, 0) is 13.3 Å². The van der Waals surface area contributed by atoms with Crippen LogP contribution in [0.2, 0.25) is 0 Å². The molecule has 0 aliphatic carbocycles. The molecule has 0 bridgehead atoms. The first-order valence-electron chi connectivity index (χ1n) is 7.24. The van der Waals surface area contributed by atoms with Crippen LogP contribution >= 0.6 is 0 Å². The molecule has 3 atom stereocenters. The van der Waals surface area contributed by atoms with Crippen LogP contribution in [-0.4, -0.2) is 39.4 Å². The van der Waals surface area contributed by atoms with E-state index < -0.39 is 29.7 Å². The second kappa shape index (κ2) is 6.89. The van der Waals surface area contributed by atoms with E-state index >= 15 is 0 Å². The Hall–Kier alpha value is -1.93. The predicted molar refractivity (Wildman–Crippen MR) is 76.5 cm³/mol. The van der Waals surface area contributed by atoms with Gasteiger partial charge in [-0.15, -0.1) is 0 Å². The van der Waals surface area contributed by atoms with Gasteiger partial charge in [0, 0.05) is 24.6 Å². The number of carbonyl (C=O) groups is 1. The summed E-state index contributed by atoms with van der Waals surface area (Å²) in [6.07, 6.45) is 0.593. The van der Waals surface area contributed by atoms with Crippen molar-refractivity contribution in [2.45, 2.75) is 51.5 Å². The summed E-state index contributed by atoms with van der Waals surface area (Å²) < 4.78 is 12.1. The van der Waals surface area contributed by atoms with Crippen molar-refractivity contribution in [3.05, 3.63) is 32.6 Å². The number of aliphatic hydroxyl groups excluding tert-OH is 1. The molecule has 22 heavy (non-hydrogen) atoms. The van der Waals surface area contributed by atoms with Gasteiger partial charge in [0.2, 0.25) is 0 Å². The molecule has 1 fully saturated rings. The maximum atomic E-state index is 11.9. The number of hydrogen-bond acceptors (Lipinski definition) is 6. The zero-order valence-corrected chi connectivity index (χ0v) is 12.6. The molecule has 8 heteroatoms. The summed E-state index contributed by atoms with van der Waals surface area (Å²) in [5.74, 6) is -0.361. The summed E-state index contributed by atoms with van der Waals surface area (Å²) >= 11 is 0. The molecule has 8 nitrogen and oxygen atoms in total. The van der Waals surface area contributed by atoms with E-state index in [9.17, 15) is 19.5 Å². The third kappa shape index (κ3) is 3.45. The van der Waals surface area contributed by atoms with Gasteiger partial charge in [0.25, 0.3) is 5.56 Å². The highest BCUT2D eigenvalue weighted by atomic mass is 16.6. The minimum Gasteiger partial charge on any atom is -0.459 e. The molecule has 1 aliphatic rings. The largest absolute Gasteiger partial charge is 0.459 e. The van der Waals surface area contributed by atoms with Crippen LogP contribution in [0.15, 0.2) is 15.8 Å². The Morgan fingerprint density at radius 3 is 2.91 bits per heavy atom. The highest BCUT2D eigenvalue weighted by molar-refractivity contribution is 5.69. The number of aliphatic hydroxyl groups is 1. The van der Waals surface area contributed by atoms with Crippen LogP contribution in [0.1, 0.15) is 38.0 Å². The number of carbonyl (C=O) groups excluding carboxylic acids is 1. The highest BCUT2D eigenvalue weighted by Crippen LogP contribution is 2.30. The fourth-order valence-electron chi connectivity index (χ4n) is 2.39. The summed E-state index contributed by atoms with van der Waals surface area (Å²) in [6.45, 7) is 3.12. The minimum absolute atomic E-state index is 0.242. The van der Waals surface area contributed by atoms with Crippen LogP contribution in [0, 0.1) is 6.92 Å². The fourth-order valence-corrected chi connectivity index (χ4v) is 2.39. The van der Waals surface area contributed by atoms with Gasteiger partial charge in [-0.3, -0.25) is 19.1 Å². The lowest BCUT2D eigenvalue weighted by Gasteiger charge is -2.16. The van der Waals surface area contributed by atoms with Crippen molar-refractivity contribution in [3.63, 3.8) is 0 Å². The van der Waals surface area contributed by atoms with Gasteiger partial charge in [0.05, 0.1) is 6.61 Å². The van der Waals surface area contributed by atoms with Gasteiger partial charge < -0.3 is 14.6 Å². The predicted octanol–water partition coefficient (Wildman–Crippen LogP) is -0.163. The highest BCUT2D eigenvalue weighted by Gasteiger charge is 2.38. The summed E-state index contributed by atoms with van der Waals surface area (Å²) in [6, 6.07) is 0. The van der Waals surface area contributed by atoms with E-state index in [-0.39, 0.29) is 25.4 Å². The molecule has 0 aromatic carbocycles. The summed E-state index contributed by atoms with van der Waals surface area (Å²) in [5, 5.41) is 9.35. The number of esters is 1. The number of aromatic amines is 1. The average Bonchev–Trinajstić information content (AvgIpc) is 2.85. The first-order chi connectivity index (χ1) is 10.5. The zero-order valence-electron chi connectivity index (χ0n) is 12.6. The molecule has 2 N–H and O–H groups in total. The van der Waals surface area contributed by atoms with Crippen molar-refractivity contribution in [1.82, 2.24) is 9.55 Å². The Bertz CT molecular complexity index is 649. The molecule has 0 spiro atoms. The van der Waals surface area contributed by atoms with Crippen LogP contribution in [0.4, 0.5) is 0 Å². The maximum Gasteiger partial charge on any atom is 0.330 e. The third-order valence-electron chi connectivity index (χ3n) is 3.55. The van der Waals surface area contributed by atoms with Crippen LogP contribution in [0.25, 0.3) is 0 Å². The van der Waals surface area contributed by atoms with E-state index in [1.807, 2.05) is 6.92 Å². The Balaban J connectivity index is 2.18. The van der Waals surface area contributed by atoms with Crippen molar-refractivity contribution >= 4 is 5.97 Å². The van der Waals surface area contributed by atoms with Gasteiger partial charge in [-0.1, -0.05) is 6.92 Å². The normalized spacial score (nSPS) is 24.4. The maximum absolute atomic E-state index is 11.9. The molecular weight excluding hydrogens is 292 g/mol. The molecule has 2 heterocycles. The van der Waals surface area contributed by atoms with Gasteiger partial charge in [-0.25, -0.2) is 4.79 Å². The lowest BCUT2D eigenvalue weighted by Crippen LogP contribution is -2.33. The lowest BCUT2D eigenvalue weighted by molar-refractivity contribution is -0.153. The number of aromatic nitrogens is 2. The van der Waals surface area contributed by atoms with Gasteiger partial charge in [0.1, 0.15) is 18.4 Å². The van der Waals surface area contributed by atoms with Crippen LogP contribution in [0.3, 0.4) is 0 Å². The molecule has 0 saturated carbocycles. The molecule has 1 aliphatic heterocycles. The summed E-state index contributed by atoms with van der Waals surface area (Å²) in [7, 11) is 0. The zero-order chi connectivity index (χ0) is 16.3. The number of ether oxygens (including phenoxy) is 2. The molecule has 2 rings (SSSR count). The van der Waals surface area contributed by atoms with Crippen LogP contribution in [-0.2, 0) is 14.3 Å². The second-order valence-electron chi connectivity index (χ2n) is 5.30. The van der Waals surface area contributed by atoms with Gasteiger partial charge >= 0.3 is 11.7 Å². The first kappa shape index (κ1) is 16.4. The van der Waals surface area contributed by atoms with E-state index in [0.29, 0.717) is 12.0 Å². The summed E-state index contributed by atoms with van der Waals surface area (Å²) in [4.78, 5) is 37.0. The Labute approximate surface area is 126 Å². The Morgan fingerprint density at radius 2 is 2.27 bits per heavy atom. The number of nitrogens with one attached hydrogen (secondary N) is 1. The second-order valence-corrected chi connectivity index (χ2v) is 5.30. The third-order valence-corrected chi connectivity index (χ3v) is 3.55. The van der Waals surface area contributed by atoms with E-state index in [0.717, 1.165) is 0 Å². The number of hydrogen-bond donors (Lipinski definition) is 2. The SMILES string of the molecule is CCCC(=O)O[C@@H]1C[C@H](n2cc(C)c(=O)[nH]c2=O)O[C@@H]1CO. The Kier molecular flexibility index (Phi) is 5.15. The van der Waals surface area contributed by atoms with E-state index in [1.165, 1.54) is 10.8 Å². The molecule has 0 amide bonds. The van der Waals surface area contributed by atoms with Crippen LogP contribution in [0.5, 0.6) is 0 Å². The molecule has 1 saturated heterocycles. The minimum atomic E-state index is -0.695. The number of aryl methyl sites for hydroxylation is 1. The van der Waals surface area contributed by atoms with E-state index in [1.54, 1.807) is 6.92 Å². The quantitative estimate of drug-likeness (QED) is 0.731. The number of nitrogens with zero attached hydrogens (tertiary/aromatic N) is 1. The van der Waals surface area contributed by atoms with Crippen molar-refractivity contribution < 1.29 is 19.4 Å². The number of H-pyrrole nitrogens is 1. The molecule has 1 aromatic rings. The molecule has 1 aromatic heterocycles. The van der Waals surface area contributed by atoms with Gasteiger partial charge in [-0.2, -0.15) is 0 Å². The van der Waals surface area contributed by atoms with E-state index in [2.05, 4.69) is 4.98 Å². The lowest BCUT2D eigenvalue weighted by atomic mass is 10.2. The molecule has 122 valence electrons. The fraction of sp³-hybridized carbons (Fsp3) is 0.643. The molecule has 0 unspecified atom stereocenters. The topological polar surface area (TPSA) is 111 Å². The first-order valence-corrected chi connectivity index (χ1v) is 7.24. The smallest absolute Gasteiger partial charge is 0.330 e. The van der Waals surface area contributed by atoms with Crippen molar-refractivity contribution in [2.75, 3.05) is 6.61 Å². The van der Waals surface area contributed by atoms with Crippen molar-refractivity contribution in [1.29, 1.82) is 0 Å². The monoisotopic (exact) mass is 312 g/mol. The molecule has 0 radical (unpaired) electrons. The van der Waals surface area contributed by atoms with E-state index in [4.69, 9.17) is 9.47 Å².